The van der Waals surface area contributed by atoms with E-state index in [0.717, 1.165) is 0 Å². The van der Waals surface area contributed by atoms with Crippen molar-refractivity contribution in [1.29, 1.82) is 0 Å². The van der Waals surface area contributed by atoms with Crippen molar-refractivity contribution in [3.8, 4) is 0 Å². The lowest BCUT2D eigenvalue weighted by atomic mass is 10.1. The van der Waals surface area contributed by atoms with Gasteiger partial charge in [-0.2, -0.15) is 0 Å². The zero-order valence-corrected chi connectivity index (χ0v) is 10.3. The number of carbonyl (C=O) groups is 2. The first kappa shape index (κ1) is 13.8. The van der Waals surface area contributed by atoms with E-state index in [0.29, 0.717) is 32.7 Å². The Kier molecular flexibility index (Phi) is 5.21. The molecule has 6 nitrogen and oxygen atoms in total. The minimum absolute atomic E-state index is 0.148. The number of carboxylic acid groups (broad SMARTS) is 1. The van der Waals surface area contributed by atoms with E-state index < -0.39 is 11.9 Å². The molecule has 1 atom stereocenters. The molecule has 1 aliphatic heterocycles. The molecule has 0 aromatic carbocycles. The molecule has 1 saturated heterocycles. The van der Waals surface area contributed by atoms with Crippen LogP contribution in [0.15, 0.2) is 0 Å². The molecule has 1 aliphatic rings. The molecule has 17 heavy (non-hydrogen) atoms. The molecule has 6 heteroatoms. The molecule has 0 bridgehead atoms. The number of amides is 2. The van der Waals surface area contributed by atoms with Gasteiger partial charge in [0.2, 0.25) is 0 Å². The van der Waals surface area contributed by atoms with Gasteiger partial charge in [0.25, 0.3) is 0 Å². The highest BCUT2D eigenvalue weighted by Crippen LogP contribution is 2.15. The minimum Gasteiger partial charge on any atom is -0.481 e. The SMILES string of the molecule is CC(C)OCCNC(=O)N1CCC(C(=O)O)C1. The van der Waals surface area contributed by atoms with E-state index in [4.69, 9.17) is 9.84 Å². The van der Waals surface area contributed by atoms with Gasteiger partial charge >= 0.3 is 12.0 Å². The van der Waals surface area contributed by atoms with Crippen molar-refractivity contribution in [2.75, 3.05) is 26.2 Å². The van der Waals surface area contributed by atoms with Crippen molar-refractivity contribution >= 4 is 12.0 Å². The van der Waals surface area contributed by atoms with Gasteiger partial charge in [-0.25, -0.2) is 4.79 Å². The van der Waals surface area contributed by atoms with Crippen LogP contribution in [0.3, 0.4) is 0 Å². The average Bonchev–Trinajstić information content (AvgIpc) is 2.73. The van der Waals surface area contributed by atoms with E-state index in [-0.39, 0.29) is 12.1 Å². The normalized spacial score (nSPS) is 19.7. The van der Waals surface area contributed by atoms with E-state index in [1.165, 1.54) is 4.90 Å². The van der Waals surface area contributed by atoms with Gasteiger partial charge in [-0.15, -0.1) is 0 Å². The van der Waals surface area contributed by atoms with Gasteiger partial charge in [0.05, 0.1) is 18.6 Å². The van der Waals surface area contributed by atoms with Gasteiger partial charge in [-0.1, -0.05) is 0 Å². The van der Waals surface area contributed by atoms with Gasteiger partial charge in [0.15, 0.2) is 0 Å². The molecule has 0 aromatic rings. The van der Waals surface area contributed by atoms with Crippen LogP contribution in [-0.4, -0.2) is 54.4 Å². The molecule has 2 amide bonds. The fourth-order valence-corrected chi connectivity index (χ4v) is 1.71. The average molecular weight is 244 g/mol. The zero-order valence-electron chi connectivity index (χ0n) is 10.3. The maximum absolute atomic E-state index is 11.6. The number of hydrogen-bond acceptors (Lipinski definition) is 3. The maximum Gasteiger partial charge on any atom is 0.317 e. The minimum atomic E-state index is -0.830. The molecule has 0 aromatic heterocycles. The second kappa shape index (κ2) is 6.44. The molecule has 1 rings (SSSR count). The third-order valence-electron chi connectivity index (χ3n) is 2.65. The Labute approximate surface area is 101 Å². The van der Waals surface area contributed by atoms with Crippen molar-refractivity contribution < 1.29 is 19.4 Å². The molecule has 0 radical (unpaired) electrons. The summed E-state index contributed by atoms with van der Waals surface area (Å²) in [7, 11) is 0. The van der Waals surface area contributed by atoms with Crippen LogP contribution in [0, 0.1) is 5.92 Å². The molecule has 0 aliphatic carbocycles. The molecule has 1 fully saturated rings. The number of carboxylic acids is 1. The van der Waals surface area contributed by atoms with Crippen LogP contribution < -0.4 is 5.32 Å². The number of urea groups is 1. The van der Waals surface area contributed by atoms with Crippen molar-refractivity contribution in [2.45, 2.75) is 26.4 Å². The highest BCUT2D eigenvalue weighted by Gasteiger charge is 2.30. The quantitative estimate of drug-likeness (QED) is 0.691. The summed E-state index contributed by atoms with van der Waals surface area (Å²) in [4.78, 5) is 23.9. The molecule has 1 heterocycles. The number of likely N-dealkylation sites (tertiary alicyclic amines) is 1. The third kappa shape index (κ3) is 4.60. The van der Waals surface area contributed by atoms with E-state index >= 15 is 0 Å². The van der Waals surface area contributed by atoms with Crippen LogP contribution in [-0.2, 0) is 9.53 Å². The number of hydrogen-bond donors (Lipinski definition) is 2. The highest BCUT2D eigenvalue weighted by molar-refractivity contribution is 5.77. The van der Waals surface area contributed by atoms with E-state index in [2.05, 4.69) is 5.32 Å². The summed E-state index contributed by atoms with van der Waals surface area (Å²) in [6.07, 6.45) is 0.681. The predicted molar refractivity (Wildman–Crippen MR) is 61.8 cm³/mol. The maximum atomic E-state index is 11.6. The van der Waals surface area contributed by atoms with Crippen LogP contribution in [0.4, 0.5) is 4.79 Å². The smallest absolute Gasteiger partial charge is 0.317 e. The molecule has 98 valence electrons. The second-order valence-corrected chi connectivity index (χ2v) is 4.42. The monoisotopic (exact) mass is 244 g/mol. The topological polar surface area (TPSA) is 78.9 Å². The number of nitrogens with one attached hydrogen (secondary N) is 1. The Morgan fingerprint density at radius 1 is 1.53 bits per heavy atom. The van der Waals surface area contributed by atoms with Crippen LogP contribution in [0.2, 0.25) is 0 Å². The lowest BCUT2D eigenvalue weighted by Crippen LogP contribution is -2.40. The summed E-state index contributed by atoms with van der Waals surface area (Å²) in [5.74, 6) is -1.25. The predicted octanol–water partition coefficient (Wildman–Crippen LogP) is 0.527. The largest absolute Gasteiger partial charge is 0.481 e. The van der Waals surface area contributed by atoms with Crippen LogP contribution in [0.5, 0.6) is 0 Å². The lowest BCUT2D eigenvalue weighted by molar-refractivity contribution is -0.141. The van der Waals surface area contributed by atoms with Crippen molar-refractivity contribution in [1.82, 2.24) is 10.2 Å². The van der Waals surface area contributed by atoms with Gasteiger partial charge in [0, 0.05) is 19.6 Å². The summed E-state index contributed by atoms with van der Waals surface area (Å²) in [6, 6.07) is -0.207. The molecule has 0 saturated carbocycles. The Bertz CT molecular complexity index is 281. The second-order valence-electron chi connectivity index (χ2n) is 4.42. The van der Waals surface area contributed by atoms with E-state index in [9.17, 15) is 9.59 Å². The first-order chi connectivity index (χ1) is 8.00. The Morgan fingerprint density at radius 2 is 2.24 bits per heavy atom. The number of rotatable bonds is 5. The Hall–Kier alpha value is -1.30. The molecule has 2 N–H and O–H groups in total. The molecular weight excluding hydrogens is 224 g/mol. The summed E-state index contributed by atoms with van der Waals surface area (Å²) < 4.78 is 5.29. The summed E-state index contributed by atoms with van der Waals surface area (Å²) in [5.41, 5.74) is 0. The standard InChI is InChI=1S/C11H20N2O4/c1-8(2)17-6-4-12-11(16)13-5-3-9(7-13)10(14)15/h8-9H,3-7H2,1-2H3,(H,12,16)(H,14,15). The van der Waals surface area contributed by atoms with Gasteiger partial charge in [-0.05, 0) is 20.3 Å². The van der Waals surface area contributed by atoms with Crippen LogP contribution in [0.25, 0.3) is 0 Å². The highest BCUT2D eigenvalue weighted by atomic mass is 16.5. The Balaban J connectivity index is 2.19. The Morgan fingerprint density at radius 3 is 2.76 bits per heavy atom. The van der Waals surface area contributed by atoms with Gasteiger partial charge in [0.1, 0.15) is 0 Å². The number of carbonyl (C=O) groups excluding carboxylic acids is 1. The van der Waals surface area contributed by atoms with Crippen molar-refractivity contribution in [3.05, 3.63) is 0 Å². The summed E-state index contributed by atoms with van der Waals surface area (Å²) in [5, 5.41) is 11.5. The molecule has 1 unspecified atom stereocenters. The first-order valence-corrected chi connectivity index (χ1v) is 5.88. The fourth-order valence-electron chi connectivity index (χ4n) is 1.71. The first-order valence-electron chi connectivity index (χ1n) is 5.88. The zero-order chi connectivity index (χ0) is 12.8. The van der Waals surface area contributed by atoms with Crippen molar-refractivity contribution in [2.24, 2.45) is 5.92 Å². The lowest BCUT2D eigenvalue weighted by Gasteiger charge is -2.17. The van der Waals surface area contributed by atoms with E-state index in [1.54, 1.807) is 0 Å². The van der Waals surface area contributed by atoms with Crippen LogP contribution in [0.1, 0.15) is 20.3 Å². The fraction of sp³-hybridized carbons (Fsp3) is 0.818. The summed E-state index contributed by atoms with van der Waals surface area (Å²) >= 11 is 0. The molecular formula is C11H20N2O4. The number of nitrogens with zero attached hydrogens (tertiary/aromatic N) is 1. The number of ether oxygens (including phenoxy) is 1. The number of aliphatic carboxylic acids is 1. The van der Waals surface area contributed by atoms with Crippen molar-refractivity contribution in [3.63, 3.8) is 0 Å². The van der Waals surface area contributed by atoms with Crippen LogP contribution >= 0.6 is 0 Å². The summed E-state index contributed by atoms with van der Waals surface area (Å²) in [6.45, 7) is 5.59. The van der Waals surface area contributed by atoms with E-state index in [1.807, 2.05) is 13.8 Å². The molecule has 0 spiro atoms. The van der Waals surface area contributed by atoms with Gasteiger partial charge < -0.3 is 20.1 Å². The van der Waals surface area contributed by atoms with Gasteiger partial charge in [-0.3, -0.25) is 4.79 Å². The third-order valence-corrected chi connectivity index (χ3v) is 2.65.